The summed E-state index contributed by atoms with van der Waals surface area (Å²) < 4.78 is 9.81. The van der Waals surface area contributed by atoms with Gasteiger partial charge in [0, 0.05) is 0 Å². The SMILES string of the molecule is COC(=O)c1[nH]c2cccc(OC)c2c1N. The van der Waals surface area contributed by atoms with Crippen molar-refractivity contribution in [2.24, 2.45) is 0 Å². The molecule has 0 saturated carbocycles. The summed E-state index contributed by atoms with van der Waals surface area (Å²) in [6.07, 6.45) is 0. The molecule has 16 heavy (non-hydrogen) atoms. The number of aromatic amines is 1. The van der Waals surface area contributed by atoms with E-state index in [0.717, 1.165) is 5.52 Å². The van der Waals surface area contributed by atoms with Crippen LogP contribution in [0.1, 0.15) is 10.5 Å². The Morgan fingerprint density at radius 1 is 1.38 bits per heavy atom. The first-order chi connectivity index (χ1) is 7.69. The number of fused-ring (bicyclic) bond motifs is 1. The van der Waals surface area contributed by atoms with Gasteiger partial charge in [0.2, 0.25) is 0 Å². The van der Waals surface area contributed by atoms with Crippen molar-refractivity contribution in [2.75, 3.05) is 20.0 Å². The van der Waals surface area contributed by atoms with Crippen molar-refractivity contribution in [2.45, 2.75) is 0 Å². The average molecular weight is 220 g/mol. The summed E-state index contributed by atoms with van der Waals surface area (Å²) in [5.74, 6) is 0.136. The molecular formula is C11H12N2O3. The highest BCUT2D eigenvalue weighted by Crippen LogP contribution is 2.33. The molecule has 0 aliphatic rings. The second-order valence-corrected chi connectivity index (χ2v) is 3.29. The van der Waals surface area contributed by atoms with Crippen molar-refractivity contribution >= 4 is 22.6 Å². The molecule has 5 heteroatoms. The average Bonchev–Trinajstić information content (AvgIpc) is 2.66. The van der Waals surface area contributed by atoms with E-state index in [2.05, 4.69) is 9.72 Å². The number of nitrogens with one attached hydrogen (secondary N) is 1. The van der Waals surface area contributed by atoms with Crippen LogP contribution in [0.5, 0.6) is 5.75 Å². The zero-order chi connectivity index (χ0) is 11.7. The standard InChI is InChI=1S/C11H12N2O3/c1-15-7-5-3-4-6-8(7)9(12)10(13-6)11(14)16-2/h3-5,13H,12H2,1-2H3. The van der Waals surface area contributed by atoms with E-state index in [4.69, 9.17) is 10.5 Å². The van der Waals surface area contributed by atoms with Crippen molar-refractivity contribution in [1.29, 1.82) is 0 Å². The Balaban J connectivity index is 2.73. The van der Waals surface area contributed by atoms with Gasteiger partial charge in [-0.25, -0.2) is 4.79 Å². The minimum atomic E-state index is -0.490. The highest BCUT2D eigenvalue weighted by Gasteiger charge is 2.18. The number of benzene rings is 1. The Morgan fingerprint density at radius 3 is 2.75 bits per heavy atom. The smallest absolute Gasteiger partial charge is 0.356 e. The Morgan fingerprint density at radius 2 is 2.12 bits per heavy atom. The van der Waals surface area contributed by atoms with E-state index in [9.17, 15) is 4.79 Å². The number of esters is 1. The van der Waals surface area contributed by atoms with Gasteiger partial charge < -0.3 is 20.2 Å². The van der Waals surface area contributed by atoms with Crippen LogP contribution in [0.3, 0.4) is 0 Å². The minimum absolute atomic E-state index is 0.252. The van der Waals surface area contributed by atoms with E-state index >= 15 is 0 Å². The van der Waals surface area contributed by atoms with Crippen LogP contribution in [-0.2, 0) is 4.74 Å². The lowest BCUT2D eigenvalue weighted by Gasteiger charge is -2.01. The zero-order valence-electron chi connectivity index (χ0n) is 9.03. The van der Waals surface area contributed by atoms with Crippen molar-refractivity contribution in [1.82, 2.24) is 4.98 Å². The van der Waals surface area contributed by atoms with Crippen molar-refractivity contribution in [3.8, 4) is 5.75 Å². The van der Waals surface area contributed by atoms with E-state index in [-0.39, 0.29) is 5.69 Å². The lowest BCUT2D eigenvalue weighted by molar-refractivity contribution is 0.0596. The first-order valence-corrected chi connectivity index (χ1v) is 4.71. The second-order valence-electron chi connectivity index (χ2n) is 3.29. The summed E-state index contributed by atoms with van der Waals surface area (Å²) in [6, 6.07) is 5.42. The van der Waals surface area contributed by atoms with E-state index in [1.807, 2.05) is 12.1 Å². The number of nitrogens with two attached hydrogens (primary N) is 1. The number of hydrogen-bond acceptors (Lipinski definition) is 4. The van der Waals surface area contributed by atoms with E-state index < -0.39 is 5.97 Å². The van der Waals surface area contributed by atoms with Crippen LogP contribution in [0, 0.1) is 0 Å². The number of rotatable bonds is 2. The first kappa shape index (κ1) is 10.4. The normalized spacial score (nSPS) is 10.4. The Kier molecular flexibility index (Phi) is 2.44. The lowest BCUT2D eigenvalue weighted by atomic mass is 10.2. The van der Waals surface area contributed by atoms with Gasteiger partial charge in [0.15, 0.2) is 0 Å². The molecule has 1 aromatic heterocycles. The number of anilines is 1. The van der Waals surface area contributed by atoms with Crippen LogP contribution in [0.4, 0.5) is 5.69 Å². The topological polar surface area (TPSA) is 77.3 Å². The molecule has 84 valence electrons. The monoisotopic (exact) mass is 220 g/mol. The Labute approximate surface area is 92.1 Å². The van der Waals surface area contributed by atoms with Gasteiger partial charge in [0.1, 0.15) is 11.4 Å². The molecule has 5 nitrogen and oxygen atoms in total. The molecule has 0 aliphatic carbocycles. The quantitative estimate of drug-likeness (QED) is 0.752. The fraction of sp³-hybridized carbons (Fsp3) is 0.182. The molecule has 0 bridgehead atoms. The summed E-state index contributed by atoms with van der Waals surface area (Å²) >= 11 is 0. The van der Waals surface area contributed by atoms with Crippen molar-refractivity contribution < 1.29 is 14.3 Å². The summed E-state index contributed by atoms with van der Waals surface area (Å²) in [6.45, 7) is 0. The molecule has 0 atom stereocenters. The maximum absolute atomic E-state index is 11.4. The van der Waals surface area contributed by atoms with Gasteiger partial charge in [0.05, 0.1) is 30.8 Å². The molecule has 3 N–H and O–H groups in total. The molecule has 0 spiro atoms. The van der Waals surface area contributed by atoms with Crippen LogP contribution in [0.15, 0.2) is 18.2 Å². The molecule has 2 aromatic rings. The molecule has 0 radical (unpaired) electrons. The molecule has 0 saturated heterocycles. The second kappa shape index (κ2) is 3.77. The molecule has 1 heterocycles. The third-order valence-electron chi connectivity index (χ3n) is 2.43. The molecule has 0 fully saturated rings. The van der Waals surface area contributed by atoms with Gasteiger partial charge in [0.25, 0.3) is 0 Å². The number of methoxy groups -OCH3 is 2. The van der Waals surface area contributed by atoms with Crippen molar-refractivity contribution in [3.63, 3.8) is 0 Å². The van der Waals surface area contributed by atoms with E-state index in [1.54, 1.807) is 13.2 Å². The van der Waals surface area contributed by atoms with Gasteiger partial charge >= 0.3 is 5.97 Å². The molecule has 0 unspecified atom stereocenters. The first-order valence-electron chi connectivity index (χ1n) is 4.71. The summed E-state index contributed by atoms with van der Waals surface area (Å²) in [7, 11) is 2.86. The fourth-order valence-corrected chi connectivity index (χ4v) is 1.67. The largest absolute Gasteiger partial charge is 0.496 e. The molecule has 0 amide bonds. The third-order valence-corrected chi connectivity index (χ3v) is 2.43. The van der Waals surface area contributed by atoms with Crippen LogP contribution < -0.4 is 10.5 Å². The van der Waals surface area contributed by atoms with Crippen LogP contribution in [0.2, 0.25) is 0 Å². The fourth-order valence-electron chi connectivity index (χ4n) is 1.67. The van der Waals surface area contributed by atoms with Crippen LogP contribution in [-0.4, -0.2) is 25.2 Å². The predicted octanol–water partition coefficient (Wildman–Crippen LogP) is 1.55. The highest BCUT2D eigenvalue weighted by molar-refractivity contribution is 6.07. The molecule has 1 aromatic carbocycles. The number of nitrogen functional groups attached to an aromatic ring is 1. The number of H-pyrrole nitrogens is 1. The lowest BCUT2D eigenvalue weighted by Crippen LogP contribution is -2.04. The Bertz CT molecular complexity index is 545. The van der Waals surface area contributed by atoms with E-state index in [1.165, 1.54) is 7.11 Å². The molecule has 0 aliphatic heterocycles. The Hall–Kier alpha value is -2.17. The van der Waals surface area contributed by atoms with Gasteiger partial charge in [-0.05, 0) is 12.1 Å². The third kappa shape index (κ3) is 1.37. The maximum atomic E-state index is 11.4. The van der Waals surface area contributed by atoms with Gasteiger partial charge in [-0.1, -0.05) is 6.07 Å². The number of aromatic nitrogens is 1. The number of ether oxygens (including phenoxy) is 2. The number of hydrogen-bond donors (Lipinski definition) is 2. The van der Waals surface area contributed by atoms with Gasteiger partial charge in [-0.15, -0.1) is 0 Å². The maximum Gasteiger partial charge on any atom is 0.356 e. The van der Waals surface area contributed by atoms with E-state index in [0.29, 0.717) is 16.8 Å². The molecular weight excluding hydrogens is 208 g/mol. The number of carbonyl (C=O) groups is 1. The van der Waals surface area contributed by atoms with Crippen LogP contribution >= 0.6 is 0 Å². The summed E-state index contributed by atoms with van der Waals surface area (Å²) in [5, 5.41) is 0.699. The zero-order valence-corrected chi connectivity index (χ0v) is 9.03. The van der Waals surface area contributed by atoms with Gasteiger partial charge in [-0.2, -0.15) is 0 Å². The summed E-state index contributed by atoms with van der Waals surface area (Å²) in [5.41, 5.74) is 7.23. The predicted molar refractivity (Wildman–Crippen MR) is 60.6 cm³/mol. The van der Waals surface area contributed by atoms with Crippen LogP contribution in [0.25, 0.3) is 10.9 Å². The van der Waals surface area contributed by atoms with Crippen molar-refractivity contribution in [3.05, 3.63) is 23.9 Å². The summed E-state index contributed by atoms with van der Waals surface area (Å²) in [4.78, 5) is 14.3. The molecule has 2 rings (SSSR count). The number of carbonyl (C=O) groups excluding carboxylic acids is 1. The highest BCUT2D eigenvalue weighted by atomic mass is 16.5. The van der Waals surface area contributed by atoms with Gasteiger partial charge in [-0.3, -0.25) is 0 Å². The minimum Gasteiger partial charge on any atom is -0.496 e.